The monoisotopic (exact) mass is 374 g/mol. The zero-order valence-electron chi connectivity index (χ0n) is 14.7. The van der Waals surface area contributed by atoms with Crippen molar-refractivity contribution in [3.05, 3.63) is 59.9 Å². The first-order valence-electron chi connectivity index (χ1n) is 9.11. The fourth-order valence-electron chi connectivity index (χ4n) is 3.41. The first-order valence-corrected chi connectivity index (χ1v) is 9.99. The van der Waals surface area contributed by atoms with Crippen molar-refractivity contribution in [2.75, 3.05) is 0 Å². The quantitative estimate of drug-likeness (QED) is 0.501. The second kappa shape index (κ2) is 6.70. The minimum atomic E-state index is 0.342. The van der Waals surface area contributed by atoms with Gasteiger partial charge in [0.25, 0.3) is 0 Å². The maximum atomic E-state index is 12.2. The average Bonchev–Trinajstić information content (AvgIpc) is 3.17. The van der Waals surface area contributed by atoms with Crippen molar-refractivity contribution >= 4 is 22.8 Å². The number of hydrogen-bond donors (Lipinski definition) is 0. The van der Waals surface area contributed by atoms with Gasteiger partial charge < -0.3 is 0 Å². The van der Waals surface area contributed by atoms with Gasteiger partial charge >= 0.3 is 0 Å². The summed E-state index contributed by atoms with van der Waals surface area (Å²) in [5, 5.41) is 8.91. The molecule has 0 amide bonds. The number of carbonyl (C=O) groups is 1. The van der Waals surface area contributed by atoms with Gasteiger partial charge in [-0.15, -0.1) is 10.2 Å². The van der Waals surface area contributed by atoms with Crippen molar-refractivity contribution < 1.29 is 4.79 Å². The fraction of sp³-hybridized carbons (Fsp3) is 0.238. The molecule has 0 unspecified atom stereocenters. The summed E-state index contributed by atoms with van der Waals surface area (Å²) in [5.74, 6) is 0.983. The predicted octanol–water partition coefficient (Wildman–Crippen LogP) is 4.43. The van der Waals surface area contributed by atoms with E-state index in [0.717, 1.165) is 39.5 Å². The maximum absolute atomic E-state index is 12.2. The van der Waals surface area contributed by atoms with Gasteiger partial charge in [-0.05, 0) is 42.5 Å². The second-order valence-corrected chi connectivity index (χ2v) is 7.93. The Hall–Kier alpha value is -2.86. The Bertz CT molecular complexity index is 1110. The summed E-state index contributed by atoms with van der Waals surface area (Å²) >= 11 is 1.51. The molecule has 0 atom stereocenters. The molecular formula is C21H18N4OS. The van der Waals surface area contributed by atoms with Crippen molar-refractivity contribution in [2.24, 2.45) is 5.92 Å². The lowest BCUT2D eigenvalue weighted by Gasteiger charge is -2.06. The minimum absolute atomic E-state index is 0.342. The number of carbonyl (C=O) groups excluding carboxylic acids is 1. The molecule has 3 heterocycles. The van der Waals surface area contributed by atoms with E-state index >= 15 is 0 Å². The summed E-state index contributed by atoms with van der Waals surface area (Å²) in [6.07, 6.45) is 7.57. The molecule has 5 nitrogen and oxygen atoms in total. The summed E-state index contributed by atoms with van der Waals surface area (Å²) in [5.41, 5.74) is 6.77. The number of imidazole rings is 1. The standard InChI is InChI=1S/C21H18N4OS/c26-18(9-14-4-5-14)10-15-2-1-3-16(8-15)19-12-22-20-11-17(6-7-25(19)20)21-24-23-13-27-21/h1-3,6-8,11-14H,4-5,9-10H2. The normalized spacial score (nSPS) is 13.9. The van der Waals surface area contributed by atoms with E-state index < -0.39 is 0 Å². The topological polar surface area (TPSA) is 60.2 Å². The lowest BCUT2D eigenvalue weighted by Crippen LogP contribution is -2.03. The van der Waals surface area contributed by atoms with Crippen LogP contribution in [0.2, 0.25) is 0 Å². The first kappa shape index (κ1) is 16.3. The largest absolute Gasteiger partial charge is 0.300 e. The van der Waals surface area contributed by atoms with Crippen LogP contribution < -0.4 is 0 Å². The number of fused-ring (bicyclic) bond motifs is 1. The number of hydrogen-bond acceptors (Lipinski definition) is 5. The molecule has 3 aromatic heterocycles. The van der Waals surface area contributed by atoms with Crippen LogP contribution in [0.1, 0.15) is 24.8 Å². The number of aromatic nitrogens is 4. The van der Waals surface area contributed by atoms with Crippen LogP contribution >= 0.6 is 11.3 Å². The SMILES string of the molecule is O=C(Cc1cccc(-c2cnc3cc(-c4nncs4)ccn23)c1)CC1CC1. The number of rotatable bonds is 6. The Morgan fingerprint density at radius 2 is 2.11 bits per heavy atom. The molecule has 1 aromatic carbocycles. The van der Waals surface area contributed by atoms with E-state index in [2.05, 4.69) is 31.7 Å². The molecule has 0 radical (unpaired) electrons. The van der Waals surface area contributed by atoms with Gasteiger partial charge in [0.1, 0.15) is 21.9 Å². The van der Waals surface area contributed by atoms with E-state index in [-0.39, 0.29) is 0 Å². The fourth-order valence-corrected chi connectivity index (χ4v) is 3.96. The highest BCUT2D eigenvalue weighted by molar-refractivity contribution is 7.12. The smallest absolute Gasteiger partial charge is 0.147 e. The van der Waals surface area contributed by atoms with Gasteiger partial charge in [-0.1, -0.05) is 29.5 Å². The van der Waals surface area contributed by atoms with E-state index in [0.29, 0.717) is 18.1 Å². The molecule has 134 valence electrons. The molecule has 1 saturated carbocycles. The highest BCUT2D eigenvalue weighted by atomic mass is 32.1. The summed E-state index contributed by atoms with van der Waals surface area (Å²) in [4.78, 5) is 16.8. The van der Waals surface area contributed by atoms with Gasteiger partial charge in [-0.25, -0.2) is 4.98 Å². The van der Waals surface area contributed by atoms with Crippen LogP contribution in [0.15, 0.2) is 54.3 Å². The summed E-state index contributed by atoms with van der Waals surface area (Å²) < 4.78 is 2.07. The van der Waals surface area contributed by atoms with Crippen LogP contribution in [-0.4, -0.2) is 25.4 Å². The number of pyridine rings is 1. The zero-order valence-corrected chi connectivity index (χ0v) is 15.5. The van der Waals surface area contributed by atoms with Crippen molar-refractivity contribution in [3.8, 4) is 21.8 Å². The third kappa shape index (κ3) is 3.40. The van der Waals surface area contributed by atoms with E-state index in [4.69, 9.17) is 0 Å². The third-order valence-electron chi connectivity index (χ3n) is 4.96. The molecule has 0 bridgehead atoms. The van der Waals surface area contributed by atoms with Gasteiger partial charge in [0.15, 0.2) is 0 Å². The van der Waals surface area contributed by atoms with Gasteiger partial charge in [-0.3, -0.25) is 9.20 Å². The second-order valence-electron chi connectivity index (χ2n) is 7.09. The molecule has 1 aliphatic carbocycles. The van der Waals surface area contributed by atoms with Crippen LogP contribution in [0.3, 0.4) is 0 Å². The molecule has 5 rings (SSSR count). The van der Waals surface area contributed by atoms with Crippen molar-refractivity contribution in [1.82, 2.24) is 19.6 Å². The van der Waals surface area contributed by atoms with Crippen LogP contribution in [0.5, 0.6) is 0 Å². The lowest BCUT2D eigenvalue weighted by molar-refractivity contribution is -0.118. The minimum Gasteiger partial charge on any atom is -0.300 e. The van der Waals surface area contributed by atoms with Crippen LogP contribution in [0, 0.1) is 5.92 Å². The molecule has 1 aliphatic rings. The van der Waals surface area contributed by atoms with Crippen LogP contribution in [0.25, 0.3) is 27.5 Å². The molecule has 0 saturated heterocycles. The zero-order chi connectivity index (χ0) is 18.2. The van der Waals surface area contributed by atoms with Crippen molar-refractivity contribution in [2.45, 2.75) is 25.7 Å². The molecular weight excluding hydrogens is 356 g/mol. The van der Waals surface area contributed by atoms with Gasteiger partial charge in [0.2, 0.25) is 0 Å². The number of Topliss-reactive ketones (excluding diaryl/α,β-unsaturated/α-hetero) is 1. The summed E-state index contributed by atoms with van der Waals surface area (Å²) in [7, 11) is 0. The van der Waals surface area contributed by atoms with Crippen LogP contribution in [-0.2, 0) is 11.2 Å². The van der Waals surface area contributed by atoms with Gasteiger partial charge in [-0.2, -0.15) is 0 Å². The summed E-state index contributed by atoms with van der Waals surface area (Å²) in [6.45, 7) is 0. The van der Waals surface area contributed by atoms with Crippen LogP contribution in [0.4, 0.5) is 0 Å². The van der Waals surface area contributed by atoms with E-state index in [1.165, 1.54) is 24.2 Å². The van der Waals surface area contributed by atoms with Gasteiger partial charge in [0, 0.05) is 30.2 Å². The molecule has 0 aliphatic heterocycles. The molecule has 6 heteroatoms. The third-order valence-corrected chi connectivity index (χ3v) is 5.70. The molecule has 4 aromatic rings. The lowest BCUT2D eigenvalue weighted by atomic mass is 10.0. The molecule has 1 fully saturated rings. The molecule has 0 spiro atoms. The Balaban J connectivity index is 1.44. The van der Waals surface area contributed by atoms with Crippen molar-refractivity contribution in [1.29, 1.82) is 0 Å². The highest BCUT2D eigenvalue weighted by Gasteiger charge is 2.24. The number of benzene rings is 1. The Morgan fingerprint density at radius 3 is 2.93 bits per heavy atom. The Kier molecular flexibility index (Phi) is 4.05. The van der Waals surface area contributed by atoms with E-state index in [1.54, 1.807) is 5.51 Å². The highest BCUT2D eigenvalue weighted by Crippen LogP contribution is 2.33. The van der Waals surface area contributed by atoms with E-state index in [9.17, 15) is 4.79 Å². The Morgan fingerprint density at radius 1 is 1.19 bits per heavy atom. The van der Waals surface area contributed by atoms with E-state index in [1.807, 2.05) is 36.7 Å². The maximum Gasteiger partial charge on any atom is 0.147 e. The Labute approximate surface area is 160 Å². The average molecular weight is 374 g/mol. The van der Waals surface area contributed by atoms with Gasteiger partial charge in [0.05, 0.1) is 11.9 Å². The number of nitrogens with zero attached hydrogens (tertiary/aromatic N) is 4. The first-order chi connectivity index (χ1) is 13.3. The molecule has 27 heavy (non-hydrogen) atoms. The predicted molar refractivity (Wildman–Crippen MR) is 106 cm³/mol. The summed E-state index contributed by atoms with van der Waals surface area (Å²) in [6, 6.07) is 12.3. The van der Waals surface area contributed by atoms with Crippen molar-refractivity contribution in [3.63, 3.8) is 0 Å². The molecule has 0 N–H and O–H groups in total. The number of ketones is 1.